The Morgan fingerprint density at radius 2 is 1.90 bits per heavy atom. The van der Waals surface area contributed by atoms with Crippen LogP contribution in [0, 0.1) is 0 Å². The van der Waals surface area contributed by atoms with E-state index in [1.54, 1.807) is 0 Å². The molecule has 0 spiro atoms. The number of carbonyl (C=O) groups is 1. The highest BCUT2D eigenvalue weighted by atomic mass is 33.1. The van der Waals surface area contributed by atoms with Crippen molar-refractivity contribution in [3.05, 3.63) is 0 Å². The highest BCUT2D eigenvalue weighted by Crippen LogP contribution is 2.39. The monoisotopic (exact) mass is 318 g/mol. The van der Waals surface area contributed by atoms with Gasteiger partial charge in [0, 0.05) is 17.4 Å². The summed E-state index contributed by atoms with van der Waals surface area (Å²) in [7, 11) is 4.02. The van der Waals surface area contributed by atoms with Crippen LogP contribution in [0.25, 0.3) is 0 Å². The molecule has 0 radical (unpaired) electrons. The molecular weight excluding hydrogens is 288 g/mol. The van der Waals surface area contributed by atoms with Crippen molar-refractivity contribution in [1.82, 2.24) is 0 Å². The van der Waals surface area contributed by atoms with Crippen LogP contribution in [0.2, 0.25) is 0 Å². The summed E-state index contributed by atoms with van der Waals surface area (Å²) >= 11 is 0. The van der Waals surface area contributed by atoms with E-state index in [2.05, 4.69) is 6.92 Å². The van der Waals surface area contributed by atoms with Crippen molar-refractivity contribution in [1.29, 1.82) is 0 Å². The smallest absolute Gasteiger partial charge is 0.305 e. The summed E-state index contributed by atoms with van der Waals surface area (Å²) in [6.07, 6.45) is 12.8. The van der Waals surface area contributed by atoms with Gasteiger partial charge in [0.1, 0.15) is 0 Å². The van der Waals surface area contributed by atoms with Crippen LogP contribution in [-0.4, -0.2) is 23.6 Å². The topological polar surface area (TPSA) is 26.3 Å². The molecule has 0 N–H and O–H groups in total. The maximum Gasteiger partial charge on any atom is 0.305 e. The van der Waals surface area contributed by atoms with Gasteiger partial charge in [0.15, 0.2) is 0 Å². The Morgan fingerprint density at radius 3 is 2.65 bits per heavy atom. The molecule has 1 rings (SSSR count). The standard InChI is InChI=1S/C16H30O2S2/c1-2-3-4-5-6-9-13-18-16(17)11-8-7-10-15-12-14-19-20-15/h15H,2-14H2,1H3. The zero-order valence-electron chi connectivity index (χ0n) is 12.9. The number of hydrogen-bond donors (Lipinski definition) is 0. The molecule has 1 heterocycles. The van der Waals surface area contributed by atoms with E-state index >= 15 is 0 Å². The molecule has 1 aliphatic rings. The van der Waals surface area contributed by atoms with Gasteiger partial charge >= 0.3 is 5.97 Å². The van der Waals surface area contributed by atoms with Crippen molar-refractivity contribution in [3.8, 4) is 0 Å². The second-order valence-corrected chi connectivity index (χ2v) is 8.35. The molecule has 0 aromatic rings. The average molecular weight is 319 g/mol. The predicted octanol–water partition coefficient (Wildman–Crippen LogP) is 5.60. The Kier molecular flexibility index (Phi) is 11.7. The van der Waals surface area contributed by atoms with Crippen molar-refractivity contribution in [2.45, 2.75) is 82.8 Å². The third-order valence-corrected chi connectivity index (χ3v) is 6.65. The van der Waals surface area contributed by atoms with Crippen LogP contribution in [0.1, 0.15) is 77.6 Å². The summed E-state index contributed by atoms with van der Waals surface area (Å²) in [6, 6.07) is 0. The SMILES string of the molecule is CCCCCCCCOC(=O)CCCCC1CCSS1. The Hall–Kier alpha value is 0.170. The van der Waals surface area contributed by atoms with Crippen LogP contribution in [0.5, 0.6) is 0 Å². The lowest BCUT2D eigenvalue weighted by Crippen LogP contribution is -2.06. The number of hydrogen-bond acceptors (Lipinski definition) is 4. The maximum absolute atomic E-state index is 11.5. The van der Waals surface area contributed by atoms with E-state index in [0.29, 0.717) is 13.0 Å². The summed E-state index contributed by atoms with van der Waals surface area (Å²) in [4.78, 5) is 11.5. The van der Waals surface area contributed by atoms with Gasteiger partial charge in [0.2, 0.25) is 0 Å². The fourth-order valence-electron chi connectivity index (χ4n) is 2.35. The normalized spacial score (nSPS) is 18.4. The van der Waals surface area contributed by atoms with Crippen LogP contribution in [0.4, 0.5) is 0 Å². The average Bonchev–Trinajstić information content (AvgIpc) is 2.96. The Bertz CT molecular complexity index is 241. The van der Waals surface area contributed by atoms with Gasteiger partial charge in [-0.05, 0) is 25.7 Å². The zero-order chi connectivity index (χ0) is 14.5. The summed E-state index contributed by atoms with van der Waals surface area (Å²) in [5.74, 6) is 1.31. The van der Waals surface area contributed by atoms with E-state index in [1.807, 2.05) is 21.6 Å². The van der Waals surface area contributed by atoms with Crippen LogP contribution < -0.4 is 0 Å². The predicted molar refractivity (Wildman–Crippen MR) is 91.3 cm³/mol. The fraction of sp³-hybridized carbons (Fsp3) is 0.938. The first-order chi connectivity index (χ1) is 9.83. The second-order valence-electron chi connectivity index (χ2n) is 5.56. The molecule has 0 aromatic carbocycles. The quantitative estimate of drug-likeness (QED) is 0.266. The van der Waals surface area contributed by atoms with Crippen molar-refractivity contribution < 1.29 is 9.53 Å². The Labute approximate surface area is 132 Å². The first kappa shape index (κ1) is 18.2. The van der Waals surface area contributed by atoms with Crippen LogP contribution >= 0.6 is 21.6 Å². The van der Waals surface area contributed by atoms with E-state index in [9.17, 15) is 4.79 Å². The summed E-state index contributed by atoms with van der Waals surface area (Å²) in [5, 5.41) is 0.833. The number of unbranched alkanes of at least 4 members (excludes halogenated alkanes) is 6. The molecule has 1 fully saturated rings. The number of ether oxygens (including phenoxy) is 1. The number of carbonyl (C=O) groups excluding carboxylic acids is 1. The van der Waals surface area contributed by atoms with Gasteiger partial charge in [-0.15, -0.1) is 0 Å². The molecular formula is C16H30O2S2. The molecule has 1 aliphatic heterocycles. The van der Waals surface area contributed by atoms with E-state index < -0.39 is 0 Å². The minimum atomic E-state index is 0.00649. The molecule has 1 saturated heterocycles. The van der Waals surface area contributed by atoms with Crippen molar-refractivity contribution in [2.24, 2.45) is 0 Å². The molecule has 4 heteroatoms. The third kappa shape index (κ3) is 9.98. The molecule has 0 aliphatic carbocycles. The van der Waals surface area contributed by atoms with E-state index in [0.717, 1.165) is 18.1 Å². The highest BCUT2D eigenvalue weighted by molar-refractivity contribution is 8.77. The Balaban J connectivity index is 1.80. The van der Waals surface area contributed by atoms with Crippen molar-refractivity contribution in [3.63, 3.8) is 0 Å². The summed E-state index contributed by atoms with van der Waals surface area (Å²) in [6.45, 7) is 2.85. The molecule has 0 saturated carbocycles. The van der Waals surface area contributed by atoms with E-state index in [-0.39, 0.29) is 5.97 Å². The maximum atomic E-state index is 11.5. The summed E-state index contributed by atoms with van der Waals surface area (Å²) in [5.41, 5.74) is 0. The van der Waals surface area contributed by atoms with Crippen molar-refractivity contribution >= 4 is 27.6 Å². The third-order valence-electron chi connectivity index (χ3n) is 3.65. The van der Waals surface area contributed by atoms with E-state index in [1.165, 1.54) is 57.1 Å². The number of rotatable bonds is 12. The molecule has 118 valence electrons. The molecule has 0 aromatic heterocycles. The first-order valence-corrected chi connectivity index (χ1v) is 10.6. The van der Waals surface area contributed by atoms with Gasteiger partial charge in [-0.25, -0.2) is 0 Å². The molecule has 0 amide bonds. The van der Waals surface area contributed by atoms with Gasteiger partial charge in [-0.1, -0.05) is 67.0 Å². The molecule has 2 nitrogen and oxygen atoms in total. The molecule has 1 unspecified atom stereocenters. The lowest BCUT2D eigenvalue weighted by atomic mass is 10.1. The highest BCUT2D eigenvalue weighted by Gasteiger charge is 2.15. The van der Waals surface area contributed by atoms with Crippen LogP contribution in [-0.2, 0) is 9.53 Å². The lowest BCUT2D eigenvalue weighted by Gasteiger charge is -2.07. The van der Waals surface area contributed by atoms with Gasteiger partial charge in [-0.3, -0.25) is 4.79 Å². The fourth-order valence-corrected chi connectivity index (χ4v) is 5.37. The minimum absolute atomic E-state index is 0.00649. The van der Waals surface area contributed by atoms with Gasteiger partial charge < -0.3 is 4.74 Å². The number of esters is 1. The Morgan fingerprint density at radius 1 is 1.10 bits per heavy atom. The summed E-state index contributed by atoms with van der Waals surface area (Å²) < 4.78 is 5.27. The zero-order valence-corrected chi connectivity index (χ0v) is 14.5. The molecule has 1 atom stereocenters. The van der Waals surface area contributed by atoms with E-state index in [4.69, 9.17) is 4.74 Å². The van der Waals surface area contributed by atoms with Gasteiger partial charge in [0.05, 0.1) is 6.61 Å². The lowest BCUT2D eigenvalue weighted by molar-refractivity contribution is -0.143. The minimum Gasteiger partial charge on any atom is -0.466 e. The van der Waals surface area contributed by atoms with Gasteiger partial charge in [0.25, 0.3) is 0 Å². The first-order valence-electron chi connectivity index (χ1n) is 8.27. The van der Waals surface area contributed by atoms with Crippen molar-refractivity contribution in [2.75, 3.05) is 12.4 Å². The second kappa shape index (κ2) is 12.9. The largest absolute Gasteiger partial charge is 0.466 e. The molecule has 0 bridgehead atoms. The van der Waals surface area contributed by atoms with Crippen LogP contribution in [0.15, 0.2) is 0 Å². The van der Waals surface area contributed by atoms with Gasteiger partial charge in [-0.2, -0.15) is 0 Å². The molecule has 20 heavy (non-hydrogen) atoms. The van der Waals surface area contributed by atoms with Crippen LogP contribution in [0.3, 0.4) is 0 Å².